The molecule has 3 atom stereocenters. The topological polar surface area (TPSA) is 20.2 Å². The lowest BCUT2D eigenvalue weighted by atomic mass is 9.39. The fraction of sp³-hybridized carbons (Fsp3) is 1.00. The van der Waals surface area contributed by atoms with E-state index in [1.54, 1.807) is 0 Å². The first-order valence-corrected chi connectivity index (χ1v) is 9.57. The minimum absolute atomic E-state index is 0.0267. The van der Waals surface area contributed by atoms with E-state index >= 15 is 0 Å². The summed E-state index contributed by atoms with van der Waals surface area (Å²) in [4.78, 5) is 0. The molecule has 0 radical (unpaired) electrons. The van der Waals surface area contributed by atoms with Gasteiger partial charge in [0.05, 0.1) is 6.10 Å². The third-order valence-corrected chi connectivity index (χ3v) is 6.96. The zero-order valence-electron chi connectivity index (χ0n) is 14.6. The van der Waals surface area contributed by atoms with Gasteiger partial charge in [0.1, 0.15) is 0 Å². The van der Waals surface area contributed by atoms with Gasteiger partial charge in [0.25, 0.3) is 0 Å². The Labute approximate surface area is 131 Å². The lowest BCUT2D eigenvalue weighted by Crippen LogP contribution is -2.58. The number of aliphatic hydroxyl groups is 1. The molecule has 4 saturated carbocycles. The summed E-state index contributed by atoms with van der Waals surface area (Å²) in [6.07, 6.45) is 15.9. The Kier molecular flexibility index (Phi) is 4.19. The van der Waals surface area contributed by atoms with E-state index < -0.39 is 0 Å². The SMILES string of the molecule is CCCCCCCC(O)C12CC3CC(C)(CC(C)(C3)C1)C2. The van der Waals surface area contributed by atoms with E-state index in [0.29, 0.717) is 10.8 Å². The van der Waals surface area contributed by atoms with Gasteiger partial charge in [-0.05, 0) is 67.1 Å². The smallest absolute Gasteiger partial charge is 0.0596 e. The molecule has 1 N–H and O–H groups in total. The van der Waals surface area contributed by atoms with Gasteiger partial charge in [0.2, 0.25) is 0 Å². The first-order chi connectivity index (χ1) is 9.89. The van der Waals surface area contributed by atoms with E-state index in [9.17, 15) is 5.11 Å². The van der Waals surface area contributed by atoms with Crippen molar-refractivity contribution in [2.45, 2.75) is 104 Å². The minimum Gasteiger partial charge on any atom is -0.393 e. The maximum absolute atomic E-state index is 11.0. The van der Waals surface area contributed by atoms with Crippen LogP contribution in [0.25, 0.3) is 0 Å². The molecule has 21 heavy (non-hydrogen) atoms. The predicted molar refractivity (Wildman–Crippen MR) is 89.2 cm³/mol. The number of hydrogen-bond acceptors (Lipinski definition) is 1. The first kappa shape index (κ1) is 15.8. The van der Waals surface area contributed by atoms with Crippen LogP contribution in [0, 0.1) is 22.2 Å². The van der Waals surface area contributed by atoms with Gasteiger partial charge in [-0.3, -0.25) is 0 Å². The van der Waals surface area contributed by atoms with E-state index in [4.69, 9.17) is 0 Å². The largest absolute Gasteiger partial charge is 0.393 e. The van der Waals surface area contributed by atoms with Crippen molar-refractivity contribution in [3.8, 4) is 0 Å². The number of aliphatic hydroxyl groups excluding tert-OH is 1. The molecule has 4 aliphatic carbocycles. The van der Waals surface area contributed by atoms with Gasteiger partial charge < -0.3 is 5.11 Å². The molecule has 0 amide bonds. The summed E-state index contributed by atoms with van der Waals surface area (Å²) in [5.41, 5.74) is 1.36. The summed E-state index contributed by atoms with van der Waals surface area (Å²) in [5, 5.41) is 11.0. The van der Waals surface area contributed by atoms with E-state index in [2.05, 4.69) is 20.8 Å². The highest BCUT2D eigenvalue weighted by Crippen LogP contribution is 2.70. The molecule has 0 saturated heterocycles. The van der Waals surface area contributed by atoms with Crippen molar-refractivity contribution in [1.29, 1.82) is 0 Å². The molecule has 1 nitrogen and oxygen atoms in total. The second-order valence-electron chi connectivity index (χ2n) is 9.71. The highest BCUT2D eigenvalue weighted by atomic mass is 16.3. The van der Waals surface area contributed by atoms with Crippen LogP contribution in [-0.2, 0) is 0 Å². The Morgan fingerprint density at radius 2 is 1.52 bits per heavy atom. The minimum atomic E-state index is -0.0267. The molecule has 0 aromatic carbocycles. The molecule has 0 aromatic rings. The van der Waals surface area contributed by atoms with Gasteiger partial charge in [-0.25, -0.2) is 0 Å². The summed E-state index contributed by atoms with van der Waals surface area (Å²) >= 11 is 0. The van der Waals surface area contributed by atoms with Crippen LogP contribution in [-0.4, -0.2) is 11.2 Å². The number of unbranched alkanes of at least 4 members (excludes halogenated alkanes) is 4. The Morgan fingerprint density at radius 3 is 2.10 bits per heavy atom. The quantitative estimate of drug-likeness (QED) is 0.596. The molecule has 122 valence electrons. The molecule has 4 rings (SSSR count). The normalized spacial score (nSPS) is 46.0. The molecule has 0 aliphatic heterocycles. The Balaban J connectivity index is 1.61. The molecule has 0 aromatic heterocycles. The van der Waals surface area contributed by atoms with Gasteiger partial charge >= 0.3 is 0 Å². The second kappa shape index (κ2) is 5.55. The third kappa shape index (κ3) is 3.05. The first-order valence-electron chi connectivity index (χ1n) is 9.57. The summed E-state index contributed by atoms with van der Waals surface area (Å²) < 4.78 is 0. The predicted octanol–water partition coefficient (Wildman–Crippen LogP) is 5.70. The number of rotatable bonds is 7. The van der Waals surface area contributed by atoms with E-state index in [-0.39, 0.29) is 11.5 Å². The number of hydrogen-bond donors (Lipinski definition) is 1. The lowest BCUT2D eigenvalue weighted by Gasteiger charge is -2.66. The maximum Gasteiger partial charge on any atom is 0.0596 e. The highest BCUT2D eigenvalue weighted by molar-refractivity contribution is 5.12. The zero-order valence-corrected chi connectivity index (χ0v) is 14.6. The maximum atomic E-state index is 11.0. The van der Waals surface area contributed by atoms with Crippen LogP contribution in [0.5, 0.6) is 0 Å². The van der Waals surface area contributed by atoms with Crippen molar-refractivity contribution >= 4 is 0 Å². The van der Waals surface area contributed by atoms with Crippen molar-refractivity contribution in [1.82, 2.24) is 0 Å². The van der Waals surface area contributed by atoms with Crippen LogP contribution < -0.4 is 0 Å². The molecule has 0 spiro atoms. The fourth-order valence-electron chi connectivity index (χ4n) is 7.16. The lowest BCUT2D eigenvalue weighted by molar-refractivity contribution is -0.186. The summed E-state index contributed by atoms with van der Waals surface area (Å²) in [7, 11) is 0. The molecular weight excluding hydrogens is 256 g/mol. The average Bonchev–Trinajstić information content (AvgIpc) is 2.33. The van der Waals surface area contributed by atoms with Gasteiger partial charge in [-0.15, -0.1) is 0 Å². The van der Waals surface area contributed by atoms with E-state index in [0.717, 1.165) is 12.3 Å². The van der Waals surface area contributed by atoms with Gasteiger partial charge in [0.15, 0.2) is 0 Å². The highest BCUT2D eigenvalue weighted by Gasteiger charge is 2.61. The summed E-state index contributed by atoms with van der Waals surface area (Å²) in [6, 6.07) is 0. The van der Waals surface area contributed by atoms with Crippen LogP contribution in [0.2, 0.25) is 0 Å². The van der Waals surface area contributed by atoms with Crippen molar-refractivity contribution in [3.63, 3.8) is 0 Å². The van der Waals surface area contributed by atoms with Gasteiger partial charge in [-0.1, -0.05) is 52.9 Å². The van der Waals surface area contributed by atoms with Crippen LogP contribution >= 0.6 is 0 Å². The molecule has 4 fully saturated rings. The standard InChI is InChI=1S/C20H36O/c1-4-5-6-7-8-9-17(21)20-12-16-10-18(2,14-20)13-19(3,11-16)15-20/h16-17,21H,4-15H2,1-3H3. The molecule has 4 bridgehead atoms. The van der Waals surface area contributed by atoms with E-state index in [1.807, 2.05) is 0 Å². The van der Waals surface area contributed by atoms with Gasteiger partial charge in [0, 0.05) is 0 Å². The Bertz CT molecular complexity index is 356. The Morgan fingerprint density at radius 1 is 0.905 bits per heavy atom. The van der Waals surface area contributed by atoms with Crippen LogP contribution in [0.3, 0.4) is 0 Å². The van der Waals surface area contributed by atoms with Crippen molar-refractivity contribution in [2.75, 3.05) is 0 Å². The zero-order chi connectivity index (χ0) is 15.1. The van der Waals surface area contributed by atoms with Crippen molar-refractivity contribution in [3.05, 3.63) is 0 Å². The molecule has 0 heterocycles. The molecule has 3 unspecified atom stereocenters. The van der Waals surface area contributed by atoms with Gasteiger partial charge in [-0.2, -0.15) is 0 Å². The van der Waals surface area contributed by atoms with Crippen molar-refractivity contribution in [2.24, 2.45) is 22.2 Å². The van der Waals surface area contributed by atoms with E-state index in [1.165, 1.54) is 70.6 Å². The fourth-order valence-corrected chi connectivity index (χ4v) is 7.16. The third-order valence-electron chi connectivity index (χ3n) is 6.96. The van der Waals surface area contributed by atoms with Crippen LogP contribution in [0.4, 0.5) is 0 Å². The van der Waals surface area contributed by atoms with Crippen LogP contribution in [0.1, 0.15) is 97.8 Å². The monoisotopic (exact) mass is 292 g/mol. The molecule has 1 heteroatoms. The van der Waals surface area contributed by atoms with Crippen LogP contribution in [0.15, 0.2) is 0 Å². The average molecular weight is 293 g/mol. The Hall–Kier alpha value is -0.0400. The van der Waals surface area contributed by atoms with Crippen molar-refractivity contribution < 1.29 is 5.11 Å². The second-order valence-corrected chi connectivity index (χ2v) is 9.71. The molecular formula is C20H36O. The summed E-state index contributed by atoms with van der Waals surface area (Å²) in [5.74, 6) is 0.908. The summed E-state index contributed by atoms with van der Waals surface area (Å²) in [6.45, 7) is 7.29. The molecule has 4 aliphatic rings.